The zero-order valence-electron chi connectivity index (χ0n) is 19.4. The second-order valence-electron chi connectivity index (χ2n) is 8.65. The van der Waals surface area contributed by atoms with E-state index in [1.165, 1.54) is 23.9 Å². The van der Waals surface area contributed by atoms with Crippen LogP contribution in [0.15, 0.2) is 65.7 Å². The highest BCUT2D eigenvalue weighted by Crippen LogP contribution is 2.28. The molecule has 178 valence electrons. The predicted octanol–water partition coefficient (Wildman–Crippen LogP) is 3.91. The van der Waals surface area contributed by atoms with Gasteiger partial charge < -0.3 is 14.9 Å². The van der Waals surface area contributed by atoms with Gasteiger partial charge in [0.2, 0.25) is 0 Å². The number of nitrogens with zero attached hydrogens (tertiary/aromatic N) is 3. The van der Waals surface area contributed by atoms with Gasteiger partial charge in [-0.15, -0.1) is 0 Å². The number of pyridine rings is 1. The van der Waals surface area contributed by atoms with Crippen LogP contribution in [0.3, 0.4) is 0 Å². The van der Waals surface area contributed by atoms with E-state index in [2.05, 4.69) is 46.7 Å². The van der Waals surface area contributed by atoms with E-state index in [0.29, 0.717) is 25.5 Å². The molecule has 1 saturated heterocycles. The molecule has 0 amide bonds. The first-order valence-corrected chi connectivity index (χ1v) is 12.5. The summed E-state index contributed by atoms with van der Waals surface area (Å²) in [7, 11) is -3.87. The number of nitrogens with one attached hydrogen (secondary N) is 1. The minimum absolute atomic E-state index is 0.0411. The third kappa shape index (κ3) is 4.99. The number of rotatable bonds is 6. The van der Waals surface area contributed by atoms with E-state index in [1.54, 1.807) is 25.1 Å². The van der Waals surface area contributed by atoms with Crippen molar-refractivity contribution in [3.8, 4) is 0 Å². The van der Waals surface area contributed by atoms with Crippen LogP contribution in [0.1, 0.15) is 28.4 Å². The zero-order valence-corrected chi connectivity index (χ0v) is 20.2. The van der Waals surface area contributed by atoms with Crippen molar-refractivity contribution in [1.82, 2.24) is 4.98 Å². The monoisotopic (exact) mass is 480 g/mol. The Morgan fingerprint density at radius 1 is 1.06 bits per heavy atom. The topological polar surface area (TPSA) is 103 Å². The highest BCUT2D eigenvalue weighted by atomic mass is 32.2. The van der Waals surface area contributed by atoms with Crippen LogP contribution in [-0.2, 0) is 10.0 Å². The van der Waals surface area contributed by atoms with Gasteiger partial charge in [0, 0.05) is 31.4 Å². The first-order valence-electron chi connectivity index (χ1n) is 11.0. The number of carbonyl (C=O) groups is 1. The number of piperazine rings is 1. The van der Waals surface area contributed by atoms with Crippen molar-refractivity contribution >= 4 is 33.2 Å². The van der Waals surface area contributed by atoms with E-state index >= 15 is 0 Å². The van der Waals surface area contributed by atoms with E-state index in [1.807, 2.05) is 11.0 Å². The second kappa shape index (κ2) is 9.34. The Bertz CT molecular complexity index is 1330. The quantitative estimate of drug-likeness (QED) is 0.551. The van der Waals surface area contributed by atoms with E-state index in [0.717, 1.165) is 11.3 Å². The molecule has 1 atom stereocenters. The normalized spacial score (nSPS) is 16.4. The van der Waals surface area contributed by atoms with Crippen LogP contribution in [0.2, 0.25) is 0 Å². The fourth-order valence-electron chi connectivity index (χ4n) is 4.26. The predicted molar refractivity (Wildman–Crippen MR) is 133 cm³/mol. The number of sulfonamides is 1. The summed E-state index contributed by atoms with van der Waals surface area (Å²) in [5.41, 5.74) is 3.20. The van der Waals surface area contributed by atoms with Crippen LogP contribution in [0.25, 0.3) is 0 Å². The highest BCUT2D eigenvalue weighted by Gasteiger charge is 2.28. The first-order chi connectivity index (χ1) is 16.1. The van der Waals surface area contributed by atoms with Gasteiger partial charge in [-0.3, -0.25) is 4.72 Å². The lowest BCUT2D eigenvalue weighted by molar-refractivity contribution is 0.0697. The second-order valence-corrected chi connectivity index (χ2v) is 10.3. The Morgan fingerprint density at radius 3 is 2.41 bits per heavy atom. The summed E-state index contributed by atoms with van der Waals surface area (Å²) in [6, 6.07) is 16.3. The summed E-state index contributed by atoms with van der Waals surface area (Å²) < 4.78 is 28.0. The number of carboxylic acid groups (broad SMARTS) is 1. The lowest BCUT2D eigenvalue weighted by Gasteiger charge is -2.42. The molecule has 1 aliphatic heterocycles. The number of benzene rings is 2. The maximum absolute atomic E-state index is 12.8. The molecule has 0 aliphatic carbocycles. The molecule has 0 radical (unpaired) electrons. The summed E-state index contributed by atoms with van der Waals surface area (Å²) in [5, 5.41) is 9.84. The maximum Gasteiger partial charge on any atom is 0.339 e. The molecule has 0 saturated carbocycles. The highest BCUT2D eigenvalue weighted by molar-refractivity contribution is 7.92. The molecule has 1 fully saturated rings. The SMILES string of the molecule is Cc1cccc(N2CCN(c3ncc(NS(=O)(=O)c4cccc(C)c4)cc3C(=O)O)C[C@@H]2C)c1. The molecule has 0 bridgehead atoms. The summed E-state index contributed by atoms with van der Waals surface area (Å²) in [6.07, 6.45) is 1.37. The summed E-state index contributed by atoms with van der Waals surface area (Å²) in [6.45, 7) is 7.86. The van der Waals surface area contributed by atoms with Crippen LogP contribution in [0, 0.1) is 13.8 Å². The van der Waals surface area contributed by atoms with Crippen LogP contribution in [0.4, 0.5) is 17.2 Å². The first kappa shape index (κ1) is 23.6. The number of aromatic nitrogens is 1. The Kier molecular flexibility index (Phi) is 6.47. The molecule has 0 spiro atoms. The largest absolute Gasteiger partial charge is 0.478 e. The Hall–Kier alpha value is -3.59. The summed E-state index contributed by atoms with van der Waals surface area (Å²) in [5.74, 6) is -0.824. The van der Waals surface area contributed by atoms with Crippen molar-refractivity contribution in [2.45, 2.75) is 31.7 Å². The van der Waals surface area contributed by atoms with Gasteiger partial charge >= 0.3 is 5.97 Å². The zero-order chi connectivity index (χ0) is 24.5. The van der Waals surface area contributed by atoms with E-state index in [9.17, 15) is 18.3 Å². The van der Waals surface area contributed by atoms with Gasteiger partial charge in [-0.05, 0) is 62.2 Å². The van der Waals surface area contributed by atoms with Crippen LogP contribution in [-0.4, -0.2) is 50.2 Å². The number of anilines is 3. The number of aryl methyl sites for hydroxylation is 2. The molecule has 9 heteroatoms. The fourth-order valence-corrected chi connectivity index (χ4v) is 5.40. The molecule has 3 aromatic rings. The number of aromatic carboxylic acids is 1. The van der Waals surface area contributed by atoms with E-state index in [4.69, 9.17) is 0 Å². The van der Waals surface area contributed by atoms with E-state index < -0.39 is 16.0 Å². The van der Waals surface area contributed by atoms with Crippen molar-refractivity contribution in [3.63, 3.8) is 0 Å². The van der Waals surface area contributed by atoms with E-state index in [-0.39, 0.29) is 22.2 Å². The molecule has 1 aliphatic rings. The minimum Gasteiger partial charge on any atom is -0.478 e. The molecular weight excluding hydrogens is 452 g/mol. The third-order valence-corrected chi connectivity index (χ3v) is 7.29. The van der Waals surface area contributed by atoms with Gasteiger partial charge in [0.1, 0.15) is 11.4 Å². The molecular formula is C25H28N4O4S. The Morgan fingerprint density at radius 2 is 1.76 bits per heavy atom. The Balaban J connectivity index is 1.56. The number of hydrogen-bond donors (Lipinski definition) is 2. The molecule has 2 N–H and O–H groups in total. The minimum atomic E-state index is -3.87. The smallest absolute Gasteiger partial charge is 0.339 e. The fraction of sp³-hybridized carbons (Fsp3) is 0.280. The molecule has 2 aromatic carbocycles. The lowest BCUT2D eigenvalue weighted by Crippen LogP contribution is -2.52. The van der Waals surface area contributed by atoms with Gasteiger partial charge in [0.25, 0.3) is 10.0 Å². The van der Waals surface area contributed by atoms with Gasteiger partial charge in [-0.1, -0.05) is 24.3 Å². The van der Waals surface area contributed by atoms with Crippen molar-refractivity contribution in [1.29, 1.82) is 0 Å². The standard InChI is InChI=1S/C25H28N4O4S/c1-17-6-4-8-21(12-17)29-11-10-28(16-19(29)3)24-23(25(30)31)14-20(15-26-24)27-34(32,33)22-9-5-7-18(2)13-22/h4-9,12-15,19,27H,10-11,16H2,1-3H3,(H,30,31)/t19-/m0/s1. The molecule has 8 nitrogen and oxygen atoms in total. The average molecular weight is 481 g/mol. The van der Waals surface area contributed by atoms with Crippen LogP contribution in [0.5, 0.6) is 0 Å². The maximum atomic E-state index is 12.8. The van der Waals surface area contributed by atoms with Gasteiger partial charge in [-0.2, -0.15) is 0 Å². The van der Waals surface area contributed by atoms with Gasteiger partial charge in [-0.25, -0.2) is 18.2 Å². The van der Waals surface area contributed by atoms with Crippen molar-refractivity contribution in [2.24, 2.45) is 0 Å². The Labute approximate surface area is 199 Å². The summed E-state index contributed by atoms with van der Waals surface area (Å²) in [4.78, 5) is 20.8. The average Bonchev–Trinajstić information content (AvgIpc) is 2.78. The van der Waals surface area contributed by atoms with Gasteiger partial charge in [0.15, 0.2) is 0 Å². The van der Waals surface area contributed by atoms with Crippen LogP contribution < -0.4 is 14.5 Å². The molecule has 34 heavy (non-hydrogen) atoms. The lowest BCUT2D eigenvalue weighted by atomic mass is 10.1. The molecule has 0 unspecified atom stereocenters. The van der Waals surface area contributed by atoms with Crippen molar-refractivity contribution in [3.05, 3.63) is 77.5 Å². The van der Waals surface area contributed by atoms with Crippen molar-refractivity contribution in [2.75, 3.05) is 34.2 Å². The number of hydrogen-bond acceptors (Lipinski definition) is 6. The third-order valence-electron chi connectivity index (χ3n) is 5.91. The molecule has 4 rings (SSSR count). The van der Waals surface area contributed by atoms with Gasteiger partial charge in [0.05, 0.1) is 16.8 Å². The molecule has 1 aromatic heterocycles. The molecule has 2 heterocycles. The summed E-state index contributed by atoms with van der Waals surface area (Å²) >= 11 is 0. The van der Waals surface area contributed by atoms with Crippen LogP contribution >= 0.6 is 0 Å². The number of carboxylic acids is 1. The van der Waals surface area contributed by atoms with Crippen molar-refractivity contribution < 1.29 is 18.3 Å².